The van der Waals surface area contributed by atoms with E-state index >= 15 is 0 Å². The SMILES string of the molecule is O=[PH](O)OCOc1ccccc1. The molecule has 0 radical (unpaired) electrons. The molecular formula is C7H9O4P. The third-order valence-corrected chi connectivity index (χ3v) is 1.52. The lowest BCUT2D eigenvalue weighted by molar-refractivity contribution is 0.115. The van der Waals surface area contributed by atoms with Gasteiger partial charge in [0.25, 0.3) is 0 Å². The maximum atomic E-state index is 10.1. The first-order valence-corrected chi connectivity index (χ1v) is 4.59. The van der Waals surface area contributed by atoms with E-state index in [1.807, 2.05) is 6.07 Å². The number of ether oxygens (including phenoxy) is 1. The van der Waals surface area contributed by atoms with Crippen LogP contribution in [0.4, 0.5) is 0 Å². The second-order valence-electron chi connectivity index (χ2n) is 1.99. The lowest BCUT2D eigenvalue weighted by Gasteiger charge is -2.03. The van der Waals surface area contributed by atoms with Crippen molar-refractivity contribution in [2.24, 2.45) is 0 Å². The van der Waals surface area contributed by atoms with Crippen molar-refractivity contribution in [2.45, 2.75) is 0 Å². The zero-order valence-corrected chi connectivity index (χ0v) is 7.27. The van der Waals surface area contributed by atoms with Crippen LogP contribution in [0.5, 0.6) is 5.75 Å². The second-order valence-corrected chi connectivity index (χ2v) is 2.81. The summed E-state index contributed by atoms with van der Waals surface area (Å²) in [6.45, 7) is -0.196. The molecule has 1 aromatic carbocycles. The number of hydrogen-bond donors (Lipinski definition) is 1. The Kier molecular flexibility index (Phi) is 3.80. The Bertz CT molecular complexity index is 249. The molecule has 5 heteroatoms. The predicted molar refractivity (Wildman–Crippen MR) is 44.2 cm³/mol. The normalized spacial score (nSPS) is 12.4. The molecule has 1 atom stereocenters. The average Bonchev–Trinajstić information content (AvgIpc) is 2.05. The quantitative estimate of drug-likeness (QED) is 0.573. The summed E-state index contributed by atoms with van der Waals surface area (Å²) < 4.78 is 19.4. The molecule has 4 nitrogen and oxygen atoms in total. The van der Waals surface area contributed by atoms with Gasteiger partial charge >= 0.3 is 8.25 Å². The van der Waals surface area contributed by atoms with E-state index in [1.165, 1.54) is 0 Å². The summed E-state index contributed by atoms with van der Waals surface area (Å²) in [6, 6.07) is 8.92. The molecule has 1 N–H and O–H groups in total. The number of hydrogen-bond acceptors (Lipinski definition) is 3. The van der Waals surface area contributed by atoms with Gasteiger partial charge in [0.05, 0.1) is 0 Å². The fourth-order valence-electron chi connectivity index (χ4n) is 0.665. The number of para-hydroxylation sites is 1. The van der Waals surface area contributed by atoms with E-state index < -0.39 is 8.25 Å². The molecule has 0 heterocycles. The molecule has 0 aliphatic heterocycles. The van der Waals surface area contributed by atoms with Crippen LogP contribution < -0.4 is 4.74 Å². The Balaban J connectivity index is 2.29. The molecule has 1 aromatic rings. The molecule has 0 fully saturated rings. The molecular weight excluding hydrogens is 179 g/mol. The summed E-state index contributed by atoms with van der Waals surface area (Å²) in [6.07, 6.45) is 0. The molecule has 0 saturated carbocycles. The number of benzene rings is 1. The topological polar surface area (TPSA) is 55.8 Å². The van der Waals surface area contributed by atoms with Gasteiger partial charge in [-0.3, -0.25) is 9.09 Å². The van der Waals surface area contributed by atoms with Crippen LogP contribution in [0.1, 0.15) is 0 Å². The van der Waals surface area contributed by atoms with Gasteiger partial charge in [0, 0.05) is 0 Å². The zero-order valence-electron chi connectivity index (χ0n) is 6.27. The fraction of sp³-hybridized carbons (Fsp3) is 0.143. The molecule has 0 aromatic heterocycles. The Morgan fingerprint density at radius 2 is 2.00 bits per heavy atom. The monoisotopic (exact) mass is 188 g/mol. The van der Waals surface area contributed by atoms with Crippen LogP contribution >= 0.6 is 8.25 Å². The molecule has 0 spiro atoms. The van der Waals surface area contributed by atoms with Crippen LogP contribution in [0, 0.1) is 0 Å². The van der Waals surface area contributed by atoms with Crippen molar-refractivity contribution in [3.63, 3.8) is 0 Å². The Morgan fingerprint density at radius 3 is 2.58 bits per heavy atom. The highest BCUT2D eigenvalue weighted by molar-refractivity contribution is 7.32. The van der Waals surface area contributed by atoms with Crippen molar-refractivity contribution in [1.29, 1.82) is 0 Å². The zero-order chi connectivity index (χ0) is 8.81. The van der Waals surface area contributed by atoms with Crippen LogP contribution in [-0.4, -0.2) is 11.7 Å². The highest BCUT2D eigenvalue weighted by Crippen LogP contribution is 2.15. The first-order valence-electron chi connectivity index (χ1n) is 3.32. The minimum absolute atomic E-state index is 0.196. The molecule has 0 bridgehead atoms. The van der Waals surface area contributed by atoms with Gasteiger partial charge in [-0.15, -0.1) is 0 Å². The van der Waals surface area contributed by atoms with Gasteiger partial charge in [-0.05, 0) is 12.1 Å². The van der Waals surface area contributed by atoms with Gasteiger partial charge in [-0.2, -0.15) is 0 Å². The van der Waals surface area contributed by atoms with Crippen LogP contribution in [0.15, 0.2) is 30.3 Å². The third-order valence-electron chi connectivity index (χ3n) is 1.15. The van der Waals surface area contributed by atoms with Gasteiger partial charge in [0.1, 0.15) is 5.75 Å². The molecule has 0 amide bonds. The van der Waals surface area contributed by atoms with Crippen molar-refractivity contribution in [1.82, 2.24) is 0 Å². The van der Waals surface area contributed by atoms with Crippen molar-refractivity contribution in [3.8, 4) is 5.75 Å². The van der Waals surface area contributed by atoms with E-state index in [2.05, 4.69) is 4.52 Å². The summed E-state index contributed by atoms with van der Waals surface area (Å²) >= 11 is 0. The summed E-state index contributed by atoms with van der Waals surface area (Å²) in [5, 5.41) is 0. The second kappa shape index (κ2) is 4.93. The summed E-state index contributed by atoms with van der Waals surface area (Å²) in [7, 11) is -2.88. The molecule has 0 saturated heterocycles. The summed E-state index contributed by atoms with van der Waals surface area (Å²) in [5.41, 5.74) is 0. The fourth-order valence-corrected chi connectivity index (χ4v) is 0.824. The van der Waals surface area contributed by atoms with Crippen LogP contribution in [0.3, 0.4) is 0 Å². The smallest absolute Gasteiger partial charge is 0.319 e. The molecule has 12 heavy (non-hydrogen) atoms. The van der Waals surface area contributed by atoms with E-state index in [1.54, 1.807) is 24.3 Å². The van der Waals surface area contributed by atoms with Gasteiger partial charge in [-0.25, -0.2) is 0 Å². The lowest BCUT2D eigenvalue weighted by atomic mass is 10.3. The van der Waals surface area contributed by atoms with Crippen LogP contribution in [0.25, 0.3) is 0 Å². The summed E-state index contributed by atoms with van der Waals surface area (Å²) in [5.74, 6) is 0.612. The minimum atomic E-state index is -2.88. The van der Waals surface area contributed by atoms with Crippen molar-refractivity contribution < 1.29 is 18.7 Å². The third kappa shape index (κ3) is 3.53. The standard InChI is InChI=1S/C7H9O4P/c8-12(9)11-6-10-7-4-2-1-3-5-7/h1-5,12H,6H2,(H,8,9). The molecule has 0 aliphatic rings. The highest BCUT2D eigenvalue weighted by atomic mass is 31.1. The molecule has 1 rings (SSSR count). The van der Waals surface area contributed by atoms with E-state index in [-0.39, 0.29) is 6.79 Å². The lowest BCUT2D eigenvalue weighted by Crippen LogP contribution is -1.96. The Hall–Kier alpha value is -0.830. The molecule has 66 valence electrons. The van der Waals surface area contributed by atoms with Crippen molar-refractivity contribution in [2.75, 3.05) is 6.79 Å². The van der Waals surface area contributed by atoms with Gasteiger partial charge < -0.3 is 9.63 Å². The highest BCUT2D eigenvalue weighted by Gasteiger charge is 1.92. The van der Waals surface area contributed by atoms with Gasteiger partial charge in [0.2, 0.25) is 0 Å². The van der Waals surface area contributed by atoms with Crippen molar-refractivity contribution in [3.05, 3.63) is 30.3 Å². The van der Waals surface area contributed by atoms with E-state index in [9.17, 15) is 4.57 Å². The van der Waals surface area contributed by atoms with Crippen LogP contribution in [-0.2, 0) is 9.09 Å². The first kappa shape index (κ1) is 9.26. The van der Waals surface area contributed by atoms with Gasteiger partial charge in [-0.1, -0.05) is 18.2 Å². The van der Waals surface area contributed by atoms with E-state index in [0.29, 0.717) is 5.75 Å². The van der Waals surface area contributed by atoms with E-state index in [4.69, 9.17) is 9.63 Å². The summed E-state index contributed by atoms with van der Waals surface area (Å²) in [4.78, 5) is 8.27. The first-order chi connectivity index (χ1) is 5.79. The number of rotatable bonds is 4. The van der Waals surface area contributed by atoms with Crippen molar-refractivity contribution >= 4 is 8.25 Å². The van der Waals surface area contributed by atoms with Crippen LogP contribution in [0.2, 0.25) is 0 Å². The molecule has 1 unspecified atom stereocenters. The average molecular weight is 188 g/mol. The minimum Gasteiger partial charge on any atom is -0.467 e. The maximum absolute atomic E-state index is 10.1. The largest absolute Gasteiger partial charge is 0.467 e. The predicted octanol–water partition coefficient (Wildman–Crippen LogP) is 1.42. The maximum Gasteiger partial charge on any atom is 0.319 e. The van der Waals surface area contributed by atoms with Gasteiger partial charge in [0.15, 0.2) is 6.79 Å². The molecule has 0 aliphatic carbocycles. The Labute approximate surface area is 70.7 Å². The van der Waals surface area contributed by atoms with E-state index in [0.717, 1.165) is 0 Å². The Morgan fingerprint density at radius 1 is 1.33 bits per heavy atom.